The molecule has 4 aromatic rings. The largest absolute Gasteiger partial charge is 0.424 e. The number of benzene rings is 2. The van der Waals surface area contributed by atoms with E-state index in [2.05, 4.69) is 36.2 Å². The average Bonchev–Trinajstić information content (AvgIpc) is 3.30. The van der Waals surface area contributed by atoms with Crippen molar-refractivity contribution >= 4 is 11.1 Å². The molecule has 26 heavy (non-hydrogen) atoms. The Kier molecular flexibility index (Phi) is 4.14. The zero-order chi connectivity index (χ0) is 18.1. The molecule has 0 fully saturated rings. The minimum atomic E-state index is -0.320. The van der Waals surface area contributed by atoms with Crippen LogP contribution in [0.4, 0.5) is 0 Å². The highest BCUT2D eigenvalue weighted by Gasteiger charge is 2.19. The molecule has 132 valence electrons. The third kappa shape index (κ3) is 2.93. The Morgan fingerprint density at radius 2 is 1.92 bits per heavy atom. The number of aromatic nitrogens is 4. The number of hydrogen-bond donors (Lipinski definition) is 1. The molecule has 2 atom stereocenters. The van der Waals surface area contributed by atoms with E-state index in [9.17, 15) is 4.79 Å². The van der Waals surface area contributed by atoms with E-state index >= 15 is 0 Å². The van der Waals surface area contributed by atoms with Crippen LogP contribution in [0.15, 0.2) is 70.4 Å². The van der Waals surface area contributed by atoms with E-state index in [1.54, 1.807) is 15.6 Å². The quantitative estimate of drug-likeness (QED) is 0.591. The van der Waals surface area contributed by atoms with Gasteiger partial charge in [-0.3, -0.25) is 0 Å². The molecule has 1 unspecified atom stereocenters. The maximum atomic E-state index is 12.2. The molecule has 0 radical (unpaired) electrons. The van der Waals surface area contributed by atoms with Crippen molar-refractivity contribution < 1.29 is 9.32 Å². The first-order valence-electron chi connectivity index (χ1n) is 8.49. The van der Waals surface area contributed by atoms with Crippen LogP contribution in [-0.4, -0.2) is 26.4 Å². The van der Waals surface area contributed by atoms with Crippen molar-refractivity contribution in [3.05, 3.63) is 77.3 Å². The van der Waals surface area contributed by atoms with Gasteiger partial charge in [-0.25, -0.2) is 19.0 Å². The van der Waals surface area contributed by atoms with Gasteiger partial charge in [0.25, 0.3) is 0 Å². The van der Waals surface area contributed by atoms with E-state index in [0.29, 0.717) is 12.3 Å². The third-order valence-corrected chi connectivity index (χ3v) is 4.80. The molecule has 2 heterocycles. The van der Waals surface area contributed by atoms with Gasteiger partial charge in [0.05, 0.1) is 18.3 Å². The minimum Gasteiger partial charge on any atom is -0.408 e. The van der Waals surface area contributed by atoms with Crippen molar-refractivity contribution in [2.24, 2.45) is 0 Å². The Hall–Kier alpha value is -3.19. The molecule has 0 spiro atoms. The van der Waals surface area contributed by atoms with Crippen LogP contribution >= 0.6 is 0 Å². The molecule has 4 rings (SSSR count). The lowest BCUT2D eigenvalue weighted by Gasteiger charge is -2.22. The van der Waals surface area contributed by atoms with Gasteiger partial charge in [0, 0.05) is 5.56 Å². The summed E-state index contributed by atoms with van der Waals surface area (Å²) in [5.74, 6) is -0.320. The monoisotopic (exact) mass is 350 g/mol. The molecule has 0 amide bonds. The number of para-hydroxylation sites is 2. The molecule has 0 saturated carbocycles. The molecule has 0 bridgehead atoms. The Balaban J connectivity index is 1.55. The van der Waals surface area contributed by atoms with Crippen LogP contribution in [0.25, 0.3) is 16.8 Å². The average molecular weight is 350 g/mol. The lowest BCUT2D eigenvalue weighted by Crippen LogP contribution is -3.08. The van der Waals surface area contributed by atoms with Crippen LogP contribution < -0.4 is 10.7 Å². The predicted molar refractivity (Wildman–Crippen MR) is 97.1 cm³/mol. The van der Waals surface area contributed by atoms with Crippen molar-refractivity contribution in [3.63, 3.8) is 0 Å². The van der Waals surface area contributed by atoms with E-state index in [-0.39, 0.29) is 11.8 Å². The molecule has 2 aromatic carbocycles. The van der Waals surface area contributed by atoms with Gasteiger partial charge in [0.2, 0.25) is 0 Å². The zero-order valence-corrected chi connectivity index (χ0v) is 14.7. The Bertz CT molecular complexity index is 1060. The van der Waals surface area contributed by atoms with E-state index in [0.717, 1.165) is 11.2 Å². The number of oxazole rings is 1. The van der Waals surface area contributed by atoms with Crippen LogP contribution in [0.2, 0.25) is 0 Å². The molecule has 0 aliphatic carbocycles. The summed E-state index contributed by atoms with van der Waals surface area (Å²) in [5, 5.41) is 4.14. The van der Waals surface area contributed by atoms with E-state index in [4.69, 9.17) is 4.42 Å². The zero-order valence-electron chi connectivity index (χ0n) is 14.7. The Labute approximate surface area is 150 Å². The molecule has 2 aromatic heterocycles. The van der Waals surface area contributed by atoms with Crippen molar-refractivity contribution in [3.8, 4) is 5.69 Å². The van der Waals surface area contributed by atoms with Gasteiger partial charge < -0.3 is 9.32 Å². The SMILES string of the molecule is C[C@H](c1ccc(-n2cncn2)cc1)[NH+](C)Cn1c(=O)oc2ccccc21. The molecule has 1 N–H and O–H groups in total. The summed E-state index contributed by atoms with van der Waals surface area (Å²) in [7, 11) is 2.07. The molecule has 7 nitrogen and oxygen atoms in total. The number of nitrogens with one attached hydrogen (secondary N) is 1. The van der Waals surface area contributed by atoms with E-state index < -0.39 is 0 Å². The van der Waals surface area contributed by atoms with Gasteiger partial charge in [0.1, 0.15) is 18.7 Å². The molecule has 0 aliphatic rings. The number of quaternary nitrogens is 1. The Morgan fingerprint density at radius 3 is 2.65 bits per heavy atom. The van der Waals surface area contributed by atoms with Crippen molar-refractivity contribution in [1.29, 1.82) is 0 Å². The number of nitrogens with zero attached hydrogens (tertiary/aromatic N) is 4. The summed E-state index contributed by atoms with van der Waals surface area (Å²) in [6.45, 7) is 2.68. The molecule has 0 saturated heterocycles. The van der Waals surface area contributed by atoms with Gasteiger partial charge >= 0.3 is 5.76 Å². The molecular weight excluding hydrogens is 330 g/mol. The normalized spacial score (nSPS) is 13.8. The topological polar surface area (TPSA) is 70.3 Å². The number of rotatable bonds is 5. The molecule has 7 heteroatoms. The minimum absolute atomic E-state index is 0.209. The van der Waals surface area contributed by atoms with Gasteiger partial charge in [0.15, 0.2) is 12.3 Å². The van der Waals surface area contributed by atoms with Gasteiger partial charge in [-0.05, 0) is 31.2 Å². The first-order valence-corrected chi connectivity index (χ1v) is 8.49. The van der Waals surface area contributed by atoms with Crippen LogP contribution in [0.3, 0.4) is 0 Å². The van der Waals surface area contributed by atoms with Gasteiger partial charge in [-0.1, -0.05) is 24.3 Å². The lowest BCUT2D eigenvalue weighted by molar-refractivity contribution is -0.932. The van der Waals surface area contributed by atoms with E-state index in [1.165, 1.54) is 16.8 Å². The summed E-state index contributed by atoms with van der Waals surface area (Å²) in [4.78, 5) is 17.3. The predicted octanol–water partition coefficient (Wildman–Crippen LogP) is 1.41. The lowest BCUT2D eigenvalue weighted by atomic mass is 10.1. The molecular formula is C19H20N5O2+. The van der Waals surface area contributed by atoms with Gasteiger partial charge in [-0.15, -0.1) is 0 Å². The highest BCUT2D eigenvalue weighted by atomic mass is 16.4. The van der Waals surface area contributed by atoms with E-state index in [1.807, 2.05) is 36.4 Å². The Morgan fingerprint density at radius 1 is 1.15 bits per heavy atom. The van der Waals surface area contributed by atoms with Crippen LogP contribution in [0, 0.1) is 0 Å². The third-order valence-electron chi connectivity index (χ3n) is 4.80. The summed E-state index contributed by atoms with van der Waals surface area (Å²) < 4.78 is 8.73. The van der Waals surface area contributed by atoms with Crippen LogP contribution in [0.1, 0.15) is 18.5 Å². The number of hydrogen-bond acceptors (Lipinski definition) is 4. The van der Waals surface area contributed by atoms with Crippen molar-refractivity contribution in [1.82, 2.24) is 19.3 Å². The summed E-state index contributed by atoms with van der Waals surface area (Å²) in [6.07, 6.45) is 3.19. The molecule has 0 aliphatic heterocycles. The smallest absolute Gasteiger partial charge is 0.408 e. The van der Waals surface area contributed by atoms with Crippen molar-refractivity contribution in [2.75, 3.05) is 7.05 Å². The fraction of sp³-hybridized carbons (Fsp3) is 0.211. The first kappa shape index (κ1) is 16.3. The number of fused-ring (bicyclic) bond motifs is 1. The van der Waals surface area contributed by atoms with Gasteiger partial charge in [-0.2, -0.15) is 5.10 Å². The summed E-state index contributed by atoms with van der Waals surface area (Å²) in [6, 6.07) is 15.9. The van der Waals surface area contributed by atoms with Crippen LogP contribution in [0.5, 0.6) is 0 Å². The first-order chi connectivity index (χ1) is 12.6. The summed E-state index contributed by atoms with van der Waals surface area (Å²) >= 11 is 0. The second-order valence-electron chi connectivity index (χ2n) is 6.42. The maximum absolute atomic E-state index is 12.2. The van der Waals surface area contributed by atoms with Crippen LogP contribution in [-0.2, 0) is 6.67 Å². The summed E-state index contributed by atoms with van der Waals surface area (Å²) in [5.41, 5.74) is 3.60. The second kappa shape index (κ2) is 6.61. The standard InChI is InChI=1S/C19H19N5O2/c1-14(15-7-9-16(10-8-15)24-12-20-11-21-24)22(2)13-23-17-5-3-4-6-18(17)26-19(23)25/h3-12,14H,13H2,1-2H3/p+1/t14-/m1/s1. The highest BCUT2D eigenvalue weighted by molar-refractivity contribution is 5.72. The fourth-order valence-electron chi connectivity index (χ4n) is 3.09. The highest BCUT2D eigenvalue weighted by Crippen LogP contribution is 2.14. The fourth-order valence-corrected chi connectivity index (χ4v) is 3.09. The van der Waals surface area contributed by atoms with Crippen molar-refractivity contribution in [2.45, 2.75) is 19.6 Å². The maximum Gasteiger partial charge on any atom is 0.424 e. The second-order valence-corrected chi connectivity index (χ2v) is 6.42.